The third-order valence-electron chi connectivity index (χ3n) is 2.82. The number of benzene rings is 1. The highest BCUT2D eigenvalue weighted by Gasteiger charge is 2.18. The van der Waals surface area contributed by atoms with Gasteiger partial charge in [0.2, 0.25) is 0 Å². The molecule has 0 bridgehead atoms. The summed E-state index contributed by atoms with van der Waals surface area (Å²) in [7, 11) is 0. The molecule has 1 rings (SSSR count). The number of rotatable bonds is 7. The van der Waals surface area contributed by atoms with Gasteiger partial charge in [-0.3, -0.25) is 4.79 Å². The predicted molar refractivity (Wildman–Crippen MR) is 81.4 cm³/mol. The zero-order chi connectivity index (χ0) is 14.4. The third-order valence-corrected chi connectivity index (χ3v) is 3.68. The minimum absolute atomic E-state index is 0.356. The summed E-state index contributed by atoms with van der Waals surface area (Å²) >= 11 is 9.47. The van der Waals surface area contributed by atoms with Crippen molar-refractivity contribution in [1.29, 1.82) is 0 Å². The number of carboxylic acid groups (broad SMARTS) is 1. The van der Waals surface area contributed by atoms with Gasteiger partial charge in [0.15, 0.2) is 0 Å². The fourth-order valence-corrected chi connectivity index (χ4v) is 2.49. The molecule has 0 saturated heterocycles. The molecule has 1 unspecified atom stereocenters. The summed E-state index contributed by atoms with van der Waals surface area (Å²) in [4.78, 5) is 11.1. The molecule has 0 aliphatic carbocycles. The summed E-state index contributed by atoms with van der Waals surface area (Å²) in [5.74, 6) is -0.732. The molecule has 0 fully saturated rings. The van der Waals surface area contributed by atoms with Gasteiger partial charge in [0.1, 0.15) is 0 Å². The summed E-state index contributed by atoms with van der Waals surface area (Å²) in [6.07, 6.45) is 0.675. The van der Waals surface area contributed by atoms with Gasteiger partial charge >= 0.3 is 5.97 Å². The first-order valence-corrected chi connectivity index (χ1v) is 7.44. The topological polar surface area (TPSA) is 49.3 Å². The molecule has 3 nitrogen and oxygen atoms in total. The molecule has 0 aromatic heterocycles. The first-order valence-electron chi connectivity index (χ1n) is 6.27. The summed E-state index contributed by atoms with van der Waals surface area (Å²) in [6, 6.07) is 5.64. The second-order valence-corrected chi connectivity index (χ2v) is 6.35. The monoisotopic (exact) mass is 347 g/mol. The van der Waals surface area contributed by atoms with Crippen LogP contribution >= 0.6 is 27.5 Å². The van der Waals surface area contributed by atoms with Crippen molar-refractivity contribution in [3.8, 4) is 0 Å². The highest BCUT2D eigenvalue weighted by atomic mass is 79.9. The van der Waals surface area contributed by atoms with E-state index in [-0.39, 0.29) is 5.92 Å². The minimum Gasteiger partial charge on any atom is -0.481 e. The molecule has 2 N–H and O–H groups in total. The Kier molecular flexibility index (Phi) is 6.83. The molecule has 1 aromatic carbocycles. The lowest BCUT2D eigenvalue weighted by Gasteiger charge is -2.15. The lowest BCUT2D eigenvalue weighted by molar-refractivity contribution is -0.142. The van der Waals surface area contributed by atoms with Crippen LogP contribution in [-0.4, -0.2) is 17.6 Å². The van der Waals surface area contributed by atoms with Crippen LogP contribution in [0.5, 0.6) is 0 Å². The van der Waals surface area contributed by atoms with Crippen molar-refractivity contribution in [2.45, 2.75) is 26.8 Å². The highest BCUT2D eigenvalue weighted by Crippen LogP contribution is 2.21. The molecule has 5 heteroatoms. The van der Waals surface area contributed by atoms with Crippen LogP contribution in [0.4, 0.5) is 0 Å². The standard InChI is InChI=1S/C14H19BrClNO2/c1-9(2)5-11(14(18)19)8-17-7-10-6-12(15)3-4-13(10)16/h3-4,6,9,11,17H,5,7-8H2,1-2H3,(H,18,19). The van der Waals surface area contributed by atoms with E-state index < -0.39 is 5.97 Å². The Morgan fingerprint density at radius 2 is 2.16 bits per heavy atom. The maximum Gasteiger partial charge on any atom is 0.307 e. The van der Waals surface area contributed by atoms with Crippen molar-refractivity contribution in [2.75, 3.05) is 6.54 Å². The lowest BCUT2D eigenvalue weighted by Crippen LogP contribution is -2.29. The van der Waals surface area contributed by atoms with Gasteiger partial charge in [0.25, 0.3) is 0 Å². The van der Waals surface area contributed by atoms with E-state index in [9.17, 15) is 4.79 Å². The van der Waals surface area contributed by atoms with Crippen molar-refractivity contribution < 1.29 is 9.90 Å². The van der Waals surface area contributed by atoms with Gasteiger partial charge in [-0.1, -0.05) is 41.4 Å². The van der Waals surface area contributed by atoms with E-state index in [4.69, 9.17) is 16.7 Å². The van der Waals surface area contributed by atoms with Crippen LogP contribution in [0.1, 0.15) is 25.8 Å². The van der Waals surface area contributed by atoms with Gasteiger partial charge in [-0.05, 0) is 36.1 Å². The third kappa shape index (κ3) is 5.93. The maximum atomic E-state index is 11.1. The van der Waals surface area contributed by atoms with Crippen molar-refractivity contribution in [2.24, 2.45) is 11.8 Å². The molecule has 1 aromatic rings. The molecule has 0 aliphatic rings. The minimum atomic E-state index is -0.749. The van der Waals surface area contributed by atoms with Crippen molar-refractivity contribution in [3.05, 3.63) is 33.3 Å². The number of halogens is 2. The number of carbonyl (C=O) groups is 1. The largest absolute Gasteiger partial charge is 0.481 e. The van der Waals surface area contributed by atoms with E-state index in [0.29, 0.717) is 30.5 Å². The van der Waals surface area contributed by atoms with E-state index in [2.05, 4.69) is 21.2 Å². The van der Waals surface area contributed by atoms with Crippen molar-refractivity contribution >= 4 is 33.5 Å². The van der Waals surface area contributed by atoms with Crippen molar-refractivity contribution in [3.63, 3.8) is 0 Å². The molecule has 0 saturated carbocycles. The Morgan fingerprint density at radius 1 is 1.47 bits per heavy atom. The van der Waals surface area contributed by atoms with Crippen LogP contribution < -0.4 is 5.32 Å². The number of aliphatic carboxylic acids is 1. The second-order valence-electron chi connectivity index (χ2n) is 5.03. The smallest absolute Gasteiger partial charge is 0.307 e. The van der Waals surface area contributed by atoms with Gasteiger partial charge < -0.3 is 10.4 Å². The first-order chi connectivity index (χ1) is 8.90. The predicted octanol–water partition coefficient (Wildman–Crippen LogP) is 3.94. The Balaban J connectivity index is 2.52. The van der Waals surface area contributed by atoms with Gasteiger partial charge in [-0.25, -0.2) is 0 Å². The first kappa shape index (κ1) is 16.5. The molecule has 106 valence electrons. The van der Waals surface area contributed by atoms with Crippen LogP contribution in [0.3, 0.4) is 0 Å². The Morgan fingerprint density at radius 3 is 2.74 bits per heavy atom. The Labute approximate surface area is 127 Å². The SMILES string of the molecule is CC(C)CC(CNCc1cc(Br)ccc1Cl)C(=O)O. The van der Waals surface area contributed by atoms with E-state index in [0.717, 1.165) is 10.0 Å². The van der Waals surface area contributed by atoms with Gasteiger partial charge in [0.05, 0.1) is 5.92 Å². The molecule has 0 spiro atoms. The molecular weight excluding hydrogens is 330 g/mol. The van der Waals surface area contributed by atoms with Crippen molar-refractivity contribution in [1.82, 2.24) is 5.32 Å². The molecule has 0 amide bonds. The van der Waals surface area contributed by atoms with E-state index in [1.807, 2.05) is 32.0 Å². The lowest BCUT2D eigenvalue weighted by atomic mass is 9.97. The molecule has 19 heavy (non-hydrogen) atoms. The highest BCUT2D eigenvalue weighted by molar-refractivity contribution is 9.10. The average Bonchev–Trinajstić information content (AvgIpc) is 2.31. The molecule has 0 heterocycles. The van der Waals surface area contributed by atoms with Crippen LogP contribution in [0.15, 0.2) is 22.7 Å². The zero-order valence-electron chi connectivity index (χ0n) is 11.1. The van der Waals surface area contributed by atoms with Gasteiger partial charge in [-0.15, -0.1) is 0 Å². The zero-order valence-corrected chi connectivity index (χ0v) is 13.5. The van der Waals surface area contributed by atoms with Crippen LogP contribution in [-0.2, 0) is 11.3 Å². The summed E-state index contributed by atoms with van der Waals surface area (Å²) in [5, 5.41) is 13.0. The number of carboxylic acids is 1. The summed E-state index contributed by atoms with van der Waals surface area (Å²) in [5.41, 5.74) is 0.963. The molecule has 1 atom stereocenters. The fourth-order valence-electron chi connectivity index (χ4n) is 1.90. The van der Waals surface area contributed by atoms with Gasteiger partial charge in [-0.2, -0.15) is 0 Å². The Hall–Kier alpha value is -0.580. The fraction of sp³-hybridized carbons (Fsp3) is 0.500. The molecular formula is C14H19BrClNO2. The van der Waals surface area contributed by atoms with Crippen LogP contribution in [0, 0.1) is 11.8 Å². The van der Waals surface area contributed by atoms with E-state index in [1.165, 1.54) is 0 Å². The van der Waals surface area contributed by atoms with Crippen LogP contribution in [0.2, 0.25) is 5.02 Å². The number of hydrogen-bond donors (Lipinski definition) is 2. The number of nitrogens with one attached hydrogen (secondary N) is 1. The average molecular weight is 349 g/mol. The molecule has 0 aliphatic heterocycles. The summed E-state index contributed by atoms with van der Waals surface area (Å²) < 4.78 is 0.964. The number of hydrogen-bond acceptors (Lipinski definition) is 2. The second kappa shape index (κ2) is 7.88. The van der Waals surface area contributed by atoms with E-state index >= 15 is 0 Å². The summed E-state index contributed by atoms with van der Waals surface area (Å²) in [6.45, 7) is 5.08. The van der Waals surface area contributed by atoms with Crippen LogP contribution in [0.25, 0.3) is 0 Å². The van der Waals surface area contributed by atoms with E-state index in [1.54, 1.807) is 0 Å². The molecule has 0 radical (unpaired) electrons. The normalized spacial score (nSPS) is 12.7. The maximum absolute atomic E-state index is 11.1. The Bertz CT molecular complexity index is 437. The van der Waals surface area contributed by atoms with Gasteiger partial charge in [0, 0.05) is 22.6 Å². The quantitative estimate of drug-likeness (QED) is 0.784.